The molecule has 1 aromatic heterocycles. The fourth-order valence-electron chi connectivity index (χ4n) is 2.34. The number of aliphatic carboxylic acids is 1. The fourth-order valence-corrected chi connectivity index (χ4v) is 2.34. The number of carboxylic acid groups (broad SMARTS) is 1. The first kappa shape index (κ1) is 17.7. The first-order valence-corrected chi connectivity index (χ1v) is 8.02. The molecule has 128 valence electrons. The minimum absolute atomic E-state index is 0.00947. The van der Waals surface area contributed by atoms with Crippen LogP contribution in [0.4, 0.5) is 0 Å². The molecule has 1 aromatic carbocycles. The van der Waals surface area contributed by atoms with Crippen LogP contribution in [0.15, 0.2) is 40.9 Å². The molecule has 1 N–H and O–H groups in total. The van der Waals surface area contributed by atoms with Crippen LogP contribution in [0.5, 0.6) is 0 Å². The molecule has 0 saturated carbocycles. The van der Waals surface area contributed by atoms with Crippen molar-refractivity contribution < 1.29 is 19.1 Å². The van der Waals surface area contributed by atoms with Crippen molar-refractivity contribution in [1.29, 1.82) is 0 Å². The molecule has 0 aliphatic rings. The summed E-state index contributed by atoms with van der Waals surface area (Å²) >= 11 is 0. The molecule has 6 heteroatoms. The molecule has 0 aliphatic heterocycles. The summed E-state index contributed by atoms with van der Waals surface area (Å²) in [6.45, 7) is 0.461. The highest BCUT2D eigenvalue weighted by Crippen LogP contribution is 2.20. The predicted octanol–water partition coefficient (Wildman–Crippen LogP) is 2.99. The summed E-state index contributed by atoms with van der Waals surface area (Å²) in [5.41, 5.74) is 0.977. The number of amides is 1. The van der Waals surface area contributed by atoms with E-state index in [2.05, 4.69) is 4.98 Å². The van der Waals surface area contributed by atoms with Crippen molar-refractivity contribution in [3.63, 3.8) is 0 Å². The first-order valence-electron chi connectivity index (χ1n) is 8.02. The van der Waals surface area contributed by atoms with Crippen LogP contribution in [0.25, 0.3) is 11.3 Å². The Morgan fingerprint density at radius 3 is 2.62 bits per heavy atom. The Morgan fingerprint density at radius 2 is 1.92 bits per heavy atom. The summed E-state index contributed by atoms with van der Waals surface area (Å²) < 4.78 is 5.70. The van der Waals surface area contributed by atoms with Gasteiger partial charge in [0.25, 0.3) is 0 Å². The minimum atomic E-state index is -0.839. The van der Waals surface area contributed by atoms with E-state index in [1.165, 1.54) is 0 Å². The molecule has 0 fully saturated rings. The van der Waals surface area contributed by atoms with Gasteiger partial charge in [0.15, 0.2) is 11.7 Å². The number of aryl methyl sites for hydroxylation is 1. The van der Waals surface area contributed by atoms with Crippen molar-refractivity contribution >= 4 is 11.9 Å². The number of hydrogen-bond donors (Lipinski definition) is 1. The van der Waals surface area contributed by atoms with Crippen LogP contribution in [0.1, 0.15) is 31.6 Å². The Bertz CT molecular complexity index is 667. The third-order valence-corrected chi connectivity index (χ3v) is 3.70. The zero-order valence-corrected chi connectivity index (χ0v) is 13.8. The SMILES string of the molecule is CN(CCCC(=O)O)C(=O)CCCc1ncc(-c2ccccc2)o1. The van der Waals surface area contributed by atoms with Gasteiger partial charge in [0.1, 0.15) is 0 Å². The first-order chi connectivity index (χ1) is 11.6. The van der Waals surface area contributed by atoms with Gasteiger partial charge in [-0.3, -0.25) is 9.59 Å². The average Bonchev–Trinajstić information content (AvgIpc) is 3.04. The molecule has 2 aromatic rings. The summed E-state index contributed by atoms with van der Waals surface area (Å²) in [4.78, 5) is 28.3. The highest BCUT2D eigenvalue weighted by atomic mass is 16.4. The van der Waals surface area contributed by atoms with E-state index in [1.807, 2.05) is 30.3 Å². The highest BCUT2D eigenvalue weighted by Gasteiger charge is 2.11. The van der Waals surface area contributed by atoms with Gasteiger partial charge < -0.3 is 14.4 Å². The van der Waals surface area contributed by atoms with Crippen LogP contribution in [0.3, 0.4) is 0 Å². The Labute approximate surface area is 141 Å². The number of aromatic nitrogens is 1. The van der Waals surface area contributed by atoms with E-state index in [0.29, 0.717) is 38.1 Å². The van der Waals surface area contributed by atoms with Crippen molar-refractivity contribution in [2.45, 2.75) is 32.1 Å². The molecule has 2 rings (SSSR count). The van der Waals surface area contributed by atoms with Gasteiger partial charge in [0.2, 0.25) is 5.91 Å². The lowest BCUT2D eigenvalue weighted by Crippen LogP contribution is -2.27. The molecule has 0 aliphatic carbocycles. The van der Waals surface area contributed by atoms with E-state index in [9.17, 15) is 9.59 Å². The summed E-state index contributed by atoms with van der Waals surface area (Å²) in [7, 11) is 1.70. The third-order valence-electron chi connectivity index (χ3n) is 3.70. The monoisotopic (exact) mass is 330 g/mol. The molecular weight excluding hydrogens is 308 g/mol. The second-order valence-electron chi connectivity index (χ2n) is 5.65. The number of carbonyl (C=O) groups excluding carboxylic acids is 1. The molecule has 1 heterocycles. The molecule has 0 saturated heterocycles. The zero-order valence-electron chi connectivity index (χ0n) is 13.8. The molecule has 24 heavy (non-hydrogen) atoms. The van der Waals surface area contributed by atoms with E-state index in [0.717, 1.165) is 11.3 Å². The quantitative estimate of drug-likeness (QED) is 0.764. The maximum atomic E-state index is 12.0. The normalized spacial score (nSPS) is 10.5. The van der Waals surface area contributed by atoms with Crippen molar-refractivity contribution in [1.82, 2.24) is 9.88 Å². The van der Waals surface area contributed by atoms with E-state index >= 15 is 0 Å². The number of benzene rings is 1. The van der Waals surface area contributed by atoms with Crippen molar-refractivity contribution in [2.75, 3.05) is 13.6 Å². The molecule has 0 atom stereocenters. The van der Waals surface area contributed by atoms with Gasteiger partial charge in [0.05, 0.1) is 6.20 Å². The summed E-state index contributed by atoms with van der Waals surface area (Å²) in [5.74, 6) is 0.516. The number of carbonyl (C=O) groups is 2. The lowest BCUT2D eigenvalue weighted by Gasteiger charge is -2.16. The summed E-state index contributed by atoms with van der Waals surface area (Å²) in [6.07, 6.45) is 3.89. The van der Waals surface area contributed by atoms with Crippen LogP contribution in [0, 0.1) is 0 Å². The van der Waals surface area contributed by atoms with E-state index in [-0.39, 0.29) is 12.3 Å². The standard InChI is InChI=1S/C18H22N2O4/c1-20(12-6-11-18(22)23)17(21)10-5-9-16-19-13-15(24-16)14-7-3-2-4-8-14/h2-4,7-8,13H,5-6,9-12H2,1H3,(H,22,23). The molecule has 1 amide bonds. The van der Waals surface area contributed by atoms with E-state index < -0.39 is 5.97 Å². The Kier molecular flexibility index (Phi) is 6.54. The number of oxazole rings is 1. The lowest BCUT2D eigenvalue weighted by molar-refractivity contribution is -0.138. The van der Waals surface area contributed by atoms with Gasteiger partial charge in [-0.05, 0) is 12.8 Å². The lowest BCUT2D eigenvalue weighted by atomic mass is 10.2. The van der Waals surface area contributed by atoms with E-state index in [4.69, 9.17) is 9.52 Å². The van der Waals surface area contributed by atoms with Crippen LogP contribution < -0.4 is 0 Å². The van der Waals surface area contributed by atoms with Crippen LogP contribution in [-0.4, -0.2) is 40.5 Å². The highest BCUT2D eigenvalue weighted by molar-refractivity contribution is 5.75. The molecule has 6 nitrogen and oxygen atoms in total. The topological polar surface area (TPSA) is 83.6 Å². The van der Waals surface area contributed by atoms with Gasteiger partial charge in [-0.25, -0.2) is 4.98 Å². The van der Waals surface area contributed by atoms with Crippen molar-refractivity contribution in [3.05, 3.63) is 42.4 Å². The van der Waals surface area contributed by atoms with Crippen molar-refractivity contribution in [2.24, 2.45) is 0 Å². The summed E-state index contributed by atoms with van der Waals surface area (Å²) in [5, 5.41) is 8.60. The maximum absolute atomic E-state index is 12.0. The van der Waals surface area contributed by atoms with Gasteiger partial charge in [0, 0.05) is 38.4 Å². The molecule has 0 unspecified atom stereocenters. The van der Waals surface area contributed by atoms with Crippen LogP contribution in [0.2, 0.25) is 0 Å². The zero-order chi connectivity index (χ0) is 17.4. The van der Waals surface area contributed by atoms with Gasteiger partial charge >= 0.3 is 5.97 Å². The van der Waals surface area contributed by atoms with Crippen LogP contribution in [-0.2, 0) is 16.0 Å². The predicted molar refractivity (Wildman–Crippen MR) is 89.4 cm³/mol. The molecule has 0 spiro atoms. The van der Waals surface area contributed by atoms with E-state index in [1.54, 1.807) is 18.1 Å². The summed E-state index contributed by atoms with van der Waals surface area (Å²) in [6, 6.07) is 9.74. The second-order valence-corrected chi connectivity index (χ2v) is 5.65. The molecule has 0 radical (unpaired) electrons. The Balaban J connectivity index is 1.73. The average molecular weight is 330 g/mol. The van der Waals surface area contributed by atoms with Gasteiger partial charge in [-0.1, -0.05) is 30.3 Å². The smallest absolute Gasteiger partial charge is 0.303 e. The maximum Gasteiger partial charge on any atom is 0.303 e. The van der Waals surface area contributed by atoms with Crippen LogP contribution >= 0.6 is 0 Å². The third kappa shape index (κ3) is 5.53. The number of rotatable bonds is 9. The Morgan fingerprint density at radius 1 is 1.17 bits per heavy atom. The minimum Gasteiger partial charge on any atom is -0.481 e. The Hall–Kier alpha value is -2.63. The number of carboxylic acids is 1. The molecule has 0 bridgehead atoms. The van der Waals surface area contributed by atoms with Crippen molar-refractivity contribution in [3.8, 4) is 11.3 Å². The van der Waals surface area contributed by atoms with Gasteiger partial charge in [-0.2, -0.15) is 0 Å². The fraction of sp³-hybridized carbons (Fsp3) is 0.389. The second kappa shape index (κ2) is 8.86. The molecular formula is C18H22N2O4. The number of nitrogens with zero attached hydrogens (tertiary/aromatic N) is 2. The van der Waals surface area contributed by atoms with Gasteiger partial charge in [-0.15, -0.1) is 0 Å². The number of hydrogen-bond acceptors (Lipinski definition) is 4. The largest absolute Gasteiger partial charge is 0.481 e.